The lowest BCUT2D eigenvalue weighted by Gasteiger charge is -2.16. The van der Waals surface area contributed by atoms with Gasteiger partial charge in [-0.25, -0.2) is 4.79 Å². The molecule has 1 atom stereocenters. The van der Waals surface area contributed by atoms with Crippen molar-refractivity contribution in [2.75, 3.05) is 6.61 Å². The quantitative estimate of drug-likeness (QED) is 0.655. The molecule has 0 amide bonds. The molecular weight excluding hydrogens is 389 g/mol. The molecule has 0 spiro atoms. The van der Waals surface area contributed by atoms with Crippen LogP contribution in [0, 0.1) is 22.7 Å². The zero-order valence-corrected chi connectivity index (χ0v) is 15.4. The number of nitrogens with zero attached hydrogens (tertiary/aromatic N) is 2. The molecule has 2 rings (SSSR count). The summed E-state index contributed by atoms with van der Waals surface area (Å²) in [6, 6.07) is 10.1. The minimum atomic E-state index is -4.59. The monoisotopic (exact) mass is 404 g/mol. The zero-order valence-electron chi connectivity index (χ0n) is 15.4. The molecule has 0 bridgehead atoms. The van der Waals surface area contributed by atoms with E-state index < -0.39 is 23.8 Å². The number of ether oxygens (including phenoxy) is 3. The molecule has 6 nitrogen and oxygen atoms in total. The third-order valence-corrected chi connectivity index (χ3v) is 3.65. The van der Waals surface area contributed by atoms with Crippen molar-refractivity contribution in [2.45, 2.75) is 26.1 Å². The Balaban J connectivity index is 2.32. The number of hydrogen-bond acceptors (Lipinski definition) is 6. The van der Waals surface area contributed by atoms with Crippen molar-refractivity contribution in [2.24, 2.45) is 0 Å². The van der Waals surface area contributed by atoms with Crippen molar-refractivity contribution in [1.29, 1.82) is 10.5 Å². The smallest absolute Gasteiger partial charge is 0.416 e. The van der Waals surface area contributed by atoms with Gasteiger partial charge >= 0.3 is 12.1 Å². The topological polar surface area (TPSA) is 92.3 Å². The van der Waals surface area contributed by atoms with Gasteiger partial charge in [0.05, 0.1) is 23.3 Å². The van der Waals surface area contributed by atoms with Crippen LogP contribution in [0.1, 0.15) is 30.5 Å². The van der Waals surface area contributed by atoms with Crippen LogP contribution in [0.25, 0.3) is 0 Å². The van der Waals surface area contributed by atoms with Gasteiger partial charge in [-0.05, 0) is 44.2 Å². The average molecular weight is 404 g/mol. The molecule has 0 N–H and O–H groups in total. The third kappa shape index (κ3) is 5.39. The van der Waals surface area contributed by atoms with Crippen molar-refractivity contribution in [3.05, 3.63) is 53.1 Å². The van der Waals surface area contributed by atoms with Crippen LogP contribution in [0.3, 0.4) is 0 Å². The Kier molecular flexibility index (Phi) is 6.68. The van der Waals surface area contributed by atoms with Crippen molar-refractivity contribution in [3.63, 3.8) is 0 Å². The van der Waals surface area contributed by atoms with Crippen LogP contribution in [0.15, 0.2) is 36.4 Å². The van der Waals surface area contributed by atoms with Gasteiger partial charge in [-0.2, -0.15) is 23.7 Å². The maximum atomic E-state index is 12.8. The molecule has 9 heteroatoms. The summed E-state index contributed by atoms with van der Waals surface area (Å²) in [5.41, 5.74) is -1.18. The number of nitriles is 2. The predicted molar refractivity (Wildman–Crippen MR) is 94.1 cm³/mol. The van der Waals surface area contributed by atoms with Gasteiger partial charge in [0.2, 0.25) is 0 Å². The standard InChI is InChI=1S/C20H15F3N2O4/c1-3-27-19(26)12(2)28-18-9-16(6-4-13(18)10-24)29-17-7-5-15(20(21,22)23)8-14(17)11-25/h4-9,12H,3H2,1-2H3. The minimum absolute atomic E-state index is 0.0240. The third-order valence-electron chi connectivity index (χ3n) is 3.65. The fourth-order valence-electron chi connectivity index (χ4n) is 2.26. The van der Waals surface area contributed by atoms with Crippen molar-refractivity contribution in [3.8, 4) is 29.4 Å². The average Bonchev–Trinajstić information content (AvgIpc) is 2.67. The van der Waals surface area contributed by atoms with Crippen LogP contribution in [-0.4, -0.2) is 18.7 Å². The Morgan fingerprint density at radius 1 is 1.07 bits per heavy atom. The molecule has 150 valence electrons. The van der Waals surface area contributed by atoms with Crippen LogP contribution in [0.2, 0.25) is 0 Å². The van der Waals surface area contributed by atoms with Gasteiger partial charge in [0.15, 0.2) is 6.10 Å². The highest BCUT2D eigenvalue weighted by atomic mass is 19.4. The lowest BCUT2D eigenvalue weighted by atomic mass is 10.1. The fraction of sp³-hybridized carbons (Fsp3) is 0.250. The highest BCUT2D eigenvalue weighted by Gasteiger charge is 2.31. The van der Waals surface area contributed by atoms with E-state index in [1.165, 1.54) is 25.1 Å². The normalized spacial score (nSPS) is 11.7. The molecule has 0 fully saturated rings. The number of alkyl halides is 3. The summed E-state index contributed by atoms with van der Waals surface area (Å²) >= 11 is 0. The van der Waals surface area contributed by atoms with Gasteiger partial charge in [0, 0.05) is 6.07 Å². The van der Waals surface area contributed by atoms with Crippen molar-refractivity contribution >= 4 is 5.97 Å². The van der Waals surface area contributed by atoms with Crippen LogP contribution in [-0.2, 0) is 15.7 Å². The molecule has 0 saturated heterocycles. The second-order valence-electron chi connectivity index (χ2n) is 5.70. The molecule has 0 aliphatic rings. The Morgan fingerprint density at radius 3 is 2.34 bits per heavy atom. The maximum absolute atomic E-state index is 12.8. The molecule has 0 radical (unpaired) electrons. The Morgan fingerprint density at radius 2 is 1.76 bits per heavy atom. The van der Waals surface area contributed by atoms with E-state index in [0.717, 1.165) is 12.1 Å². The summed E-state index contributed by atoms with van der Waals surface area (Å²) in [4.78, 5) is 11.7. The Hall–Kier alpha value is -3.72. The number of halogens is 3. The highest BCUT2D eigenvalue weighted by molar-refractivity contribution is 5.74. The van der Waals surface area contributed by atoms with Gasteiger partial charge in [-0.3, -0.25) is 0 Å². The van der Waals surface area contributed by atoms with Gasteiger partial charge in [0.1, 0.15) is 29.4 Å². The molecule has 2 aromatic rings. The predicted octanol–water partition coefficient (Wildman–Crippen LogP) is 4.57. The lowest BCUT2D eigenvalue weighted by molar-refractivity contribution is -0.150. The van der Waals surface area contributed by atoms with Crippen LogP contribution < -0.4 is 9.47 Å². The van der Waals surface area contributed by atoms with E-state index in [-0.39, 0.29) is 35.0 Å². The van der Waals surface area contributed by atoms with Crippen LogP contribution in [0.4, 0.5) is 13.2 Å². The molecule has 0 aliphatic heterocycles. The van der Waals surface area contributed by atoms with Crippen molar-refractivity contribution in [1.82, 2.24) is 0 Å². The van der Waals surface area contributed by atoms with E-state index in [9.17, 15) is 23.2 Å². The molecule has 2 aromatic carbocycles. The number of esters is 1. The van der Waals surface area contributed by atoms with Crippen LogP contribution >= 0.6 is 0 Å². The van der Waals surface area contributed by atoms with E-state index in [4.69, 9.17) is 19.5 Å². The van der Waals surface area contributed by atoms with Gasteiger partial charge in [-0.15, -0.1) is 0 Å². The summed E-state index contributed by atoms with van der Waals surface area (Å²) in [7, 11) is 0. The number of carbonyl (C=O) groups is 1. The van der Waals surface area contributed by atoms with E-state index in [1.807, 2.05) is 6.07 Å². The first-order chi connectivity index (χ1) is 13.7. The second kappa shape index (κ2) is 8.98. The number of hydrogen-bond donors (Lipinski definition) is 0. The second-order valence-corrected chi connectivity index (χ2v) is 5.70. The summed E-state index contributed by atoms with van der Waals surface area (Å²) < 4.78 is 54.2. The lowest BCUT2D eigenvalue weighted by Crippen LogP contribution is -2.26. The van der Waals surface area contributed by atoms with E-state index in [1.54, 1.807) is 13.0 Å². The first-order valence-corrected chi connectivity index (χ1v) is 8.36. The SMILES string of the molecule is CCOC(=O)C(C)Oc1cc(Oc2ccc(C(F)(F)F)cc2C#N)ccc1C#N. The summed E-state index contributed by atoms with van der Waals surface area (Å²) in [6.45, 7) is 3.23. The highest BCUT2D eigenvalue weighted by Crippen LogP contribution is 2.35. The first kappa shape index (κ1) is 21.6. The molecular formula is C20H15F3N2O4. The summed E-state index contributed by atoms with van der Waals surface area (Å²) in [5.74, 6) is -0.603. The molecule has 0 saturated carbocycles. The Bertz CT molecular complexity index is 991. The summed E-state index contributed by atoms with van der Waals surface area (Å²) in [5, 5.41) is 18.3. The molecule has 0 heterocycles. The van der Waals surface area contributed by atoms with Crippen LogP contribution in [0.5, 0.6) is 17.2 Å². The van der Waals surface area contributed by atoms with E-state index in [2.05, 4.69) is 0 Å². The maximum Gasteiger partial charge on any atom is 0.416 e. The Labute approximate surface area is 164 Å². The molecule has 1 unspecified atom stereocenters. The number of rotatable bonds is 6. The van der Waals surface area contributed by atoms with E-state index in [0.29, 0.717) is 6.07 Å². The fourth-order valence-corrected chi connectivity index (χ4v) is 2.26. The minimum Gasteiger partial charge on any atom is -0.477 e. The largest absolute Gasteiger partial charge is 0.477 e. The zero-order chi connectivity index (χ0) is 21.6. The number of benzene rings is 2. The molecule has 0 aliphatic carbocycles. The van der Waals surface area contributed by atoms with Gasteiger partial charge in [0.25, 0.3) is 0 Å². The summed E-state index contributed by atoms with van der Waals surface area (Å²) in [6.07, 6.45) is -5.60. The molecule has 0 aromatic heterocycles. The van der Waals surface area contributed by atoms with E-state index >= 15 is 0 Å². The van der Waals surface area contributed by atoms with Crippen molar-refractivity contribution < 1.29 is 32.2 Å². The van der Waals surface area contributed by atoms with Gasteiger partial charge in [-0.1, -0.05) is 0 Å². The van der Waals surface area contributed by atoms with Gasteiger partial charge < -0.3 is 14.2 Å². The molecule has 29 heavy (non-hydrogen) atoms. The number of carbonyl (C=O) groups excluding carboxylic acids is 1. The first-order valence-electron chi connectivity index (χ1n) is 8.36.